The van der Waals surface area contributed by atoms with E-state index in [0.717, 1.165) is 11.1 Å². The Balaban J connectivity index is 2.07. The second-order valence-corrected chi connectivity index (χ2v) is 5.34. The lowest BCUT2D eigenvalue weighted by molar-refractivity contribution is 0.0689. The molecule has 1 heterocycles. The van der Waals surface area contributed by atoms with Crippen molar-refractivity contribution < 1.29 is 9.90 Å². The lowest BCUT2D eigenvalue weighted by atomic mass is 9.99. The van der Waals surface area contributed by atoms with Crippen LogP contribution in [0.1, 0.15) is 21.6 Å². The number of aromatic amines is 1. The van der Waals surface area contributed by atoms with Gasteiger partial charge in [0.25, 0.3) is 0 Å². The Bertz CT molecular complexity index is 795. The van der Waals surface area contributed by atoms with Gasteiger partial charge in [-0.3, -0.25) is 5.10 Å². The molecule has 2 N–H and O–H groups in total. The molecule has 0 bridgehead atoms. The Labute approximate surface area is 132 Å². The Morgan fingerprint density at radius 1 is 1.09 bits per heavy atom. The van der Waals surface area contributed by atoms with Crippen LogP contribution in [0.5, 0.6) is 0 Å². The third-order valence-electron chi connectivity index (χ3n) is 3.42. The van der Waals surface area contributed by atoms with Crippen LogP contribution in [0.25, 0.3) is 11.3 Å². The molecule has 0 spiro atoms. The minimum absolute atomic E-state index is 0.119. The first kappa shape index (κ1) is 14.4. The predicted octanol–water partition coefficient (Wildman–Crippen LogP) is 4.02. The van der Waals surface area contributed by atoms with Gasteiger partial charge < -0.3 is 5.11 Å². The summed E-state index contributed by atoms with van der Waals surface area (Å²) in [5, 5.41) is 16.8. The second-order valence-electron chi connectivity index (χ2n) is 4.90. The summed E-state index contributed by atoms with van der Waals surface area (Å²) in [4.78, 5) is 11.4. The van der Waals surface area contributed by atoms with E-state index < -0.39 is 5.97 Å². The number of H-pyrrole nitrogens is 1. The zero-order valence-electron chi connectivity index (χ0n) is 11.6. The largest absolute Gasteiger partial charge is 0.477 e. The molecule has 3 rings (SSSR count). The Hall–Kier alpha value is -2.59. The number of carboxylic acid groups (broad SMARTS) is 1. The van der Waals surface area contributed by atoms with Gasteiger partial charge in [0.05, 0.1) is 5.69 Å². The fourth-order valence-electron chi connectivity index (χ4n) is 2.36. The van der Waals surface area contributed by atoms with Crippen LogP contribution in [0, 0.1) is 0 Å². The third kappa shape index (κ3) is 2.87. The van der Waals surface area contributed by atoms with Crippen LogP contribution in [-0.2, 0) is 6.42 Å². The molecule has 3 aromatic rings. The molecule has 0 aliphatic rings. The van der Waals surface area contributed by atoms with Gasteiger partial charge >= 0.3 is 5.97 Å². The number of carbonyl (C=O) groups is 1. The first-order chi connectivity index (χ1) is 10.6. The molecule has 0 amide bonds. The van der Waals surface area contributed by atoms with Crippen LogP contribution < -0.4 is 0 Å². The molecule has 0 atom stereocenters. The zero-order chi connectivity index (χ0) is 15.5. The number of rotatable bonds is 4. The SMILES string of the molecule is O=C(O)c1[nH]nc(-c2ccc(Cl)cc2)c1Cc1ccccc1. The molecule has 4 nitrogen and oxygen atoms in total. The predicted molar refractivity (Wildman–Crippen MR) is 85.2 cm³/mol. The van der Waals surface area contributed by atoms with E-state index in [1.165, 1.54) is 0 Å². The first-order valence-corrected chi connectivity index (χ1v) is 7.13. The molecule has 0 fully saturated rings. The van der Waals surface area contributed by atoms with Crippen LogP contribution in [0.2, 0.25) is 5.02 Å². The molecule has 0 unspecified atom stereocenters. The monoisotopic (exact) mass is 312 g/mol. The summed E-state index contributed by atoms with van der Waals surface area (Å²) in [6.45, 7) is 0. The summed E-state index contributed by atoms with van der Waals surface area (Å²) >= 11 is 5.90. The van der Waals surface area contributed by atoms with Crippen molar-refractivity contribution in [1.82, 2.24) is 10.2 Å². The number of aromatic nitrogens is 2. The van der Waals surface area contributed by atoms with Gasteiger partial charge in [-0.2, -0.15) is 5.10 Å². The van der Waals surface area contributed by atoms with Gasteiger partial charge in [-0.25, -0.2) is 4.79 Å². The van der Waals surface area contributed by atoms with E-state index in [9.17, 15) is 9.90 Å². The maximum Gasteiger partial charge on any atom is 0.354 e. The number of hydrogen-bond donors (Lipinski definition) is 2. The summed E-state index contributed by atoms with van der Waals surface area (Å²) < 4.78 is 0. The van der Waals surface area contributed by atoms with Crippen LogP contribution in [0.3, 0.4) is 0 Å². The van der Waals surface area contributed by atoms with Gasteiger partial charge in [0.2, 0.25) is 0 Å². The highest BCUT2D eigenvalue weighted by atomic mass is 35.5. The van der Waals surface area contributed by atoms with Crippen LogP contribution >= 0.6 is 11.6 Å². The number of benzene rings is 2. The topological polar surface area (TPSA) is 66.0 Å². The maximum atomic E-state index is 11.4. The van der Waals surface area contributed by atoms with Crippen molar-refractivity contribution in [2.24, 2.45) is 0 Å². The molecule has 0 aliphatic carbocycles. The molecule has 0 saturated carbocycles. The number of carboxylic acids is 1. The summed E-state index contributed by atoms with van der Waals surface area (Å²) in [5.41, 5.74) is 3.29. The van der Waals surface area contributed by atoms with Crippen LogP contribution in [0.4, 0.5) is 0 Å². The van der Waals surface area contributed by atoms with E-state index >= 15 is 0 Å². The molecular weight excluding hydrogens is 300 g/mol. The van der Waals surface area contributed by atoms with Gasteiger partial charge in [-0.05, 0) is 17.7 Å². The van der Waals surface area contributed by atoms with Crippen molar-refractivity contribution in [3.8, 4) is 11.3 Å². The van der Waals surface area contributed by atoms with Crippen molar-refractivity contribution in [2.75, 3.05) is 0 Å². The van der Waals surface area contributed by atoms with E-state index in [0.29, 0.717) is 22.7 Å². The standard InChI is InChI=1S/C17H13ClN2O2/c18-13-8-6-12(7-9-13)15-14(16(17(21)22)20-19-15)10-11-4-2-1-3-5-11/h1-9H,10H2,(H,19,20)(H,21,22). The Morgan fingerprint density at radius 2 is 1.77 bits per heavy atom. The molecule has 0 radical (unpaired) electrons. The Morgan fingerprint density at radius 3 is 2.41 bits per heavy atom. The zero-order valence-corrected chi connectivity index (χ0v) is 12.3. The van der Waals surface area contributed by atoms with Crippen molar-refractivity contribution in [3.05, 3.63) is 76.4 Å². The van der Waals surface area contributed by atoms with E-state index in [1.54, 1.807) is 12.1 Å². The number of aromatic carboxylic acids is 1. The molecule has 110 valence electrons. The third-order valence-corrected chi connectivity index (χ3v) is 3.67. The van der Waals surface area contributed by atoms with Gasteiger partial charge in [0.1, 0.15) is 5.69 Å². The van der Waals surface area contributed by atoms with Crippen molar-refractivity contribution in [3.63, 3.8) is 0 Å². The Kier molecular flexibility index (Phi) is 3.94. The van der Waals surface area contributed by atoms with Crippen molar-refractivity contribution >= 4 is 17.6 Å². The molecule has 2 aromatic carbocycles. The molecule has 5 heteroatoms. The molecule has 1 aromatic heterocycles. The molecule has 0 aliphatic heterocycles. The average Bonchev–Trinajstić information content (AvgIpc) is 2.93. The van der Waals surface area contributed by atoms with Crippen molar-refractivity contribution in [1.29, 1.82) is 0 Å². The van der Waals surface area contributed by atoms with Crippen LogP contribution in [0.15, 0.2) is 54.6 Å². The highest BCUT2D eigenvalue weighted by Crippen LogP contribution is 2.27. The number of hydrogen-bond acceptors (Lipinski definition) is 2. The average molecular weight is 313 g/mol. The van der Waals surface area contributed by atoms with E-state index in [4.69, 9.17) is 11.6 Å². The smallest absolute Gasteiger partial charge is 0.354 e. The minimum atomic E-state index is -1.02. The summed E-state index contributed by atoms with van der Waals surface area (Å²) in [6, 6.07) is 16.9. The lowest BCUT2D eigenvalue weighted by Crippen LogP contribution is -2.02. The minimum Gasteiger partial charge on any atom is -0.477 e. The summed E-state index contributed by atoms with van der Waals surface area (Å²) in [7, 11) is 0. The van der Waals surface area contributed by atoms with E-state index in [2.05, 4.69) is 10.2 Å². The molecule has 22 heavy (non-hydrogen) atoms. The molecule has 0 saturated heterocycles. The van der Waals surface area contributed by atoms with E-state index in [1.807, 2.05) is 42.5 Å². The summed E-state index contributed by atoms with van der Waals surface area (Å²) in [5.74, 6) is -1.02. The maximum absolute atomic E-state index is 11.4. The lowest BCUT2D eigenvalue weighted by Gasteiger charge is -2.05. The first-order valence-electron chi connectivity index (χ1n) is 6.75. The van der Waals surface area contributed by atoms with Crippen molar-refractivity contribution in [2.45, 2.75) is 6.42 Å². The number of nitrogens with one attached hydrogen (secondary N) is 1. The van der Waals surface area contributed by atoms with Gasteiger partial charge in [-0.1, -0.05) is 54.1 Å². The quantitative estimate of drug-likeness (QED) is 0.764. The molecular formula is C17H13ClN2O2. The van der Waals surface area contributed by atoms with E-state index in [-0.39, 0.29) is 5.69 Å². The normalized spacial score (nSPS) is 10.6. The second kappa shape index (κ2) is 6.03. The highest BCUT2D eigenvalue weighted by molar-refractivity contribution is 6.30. The number of halogens is 1. The summed E-state index contributed by atoms with van der Waals surface area (Å²) in [6.07, 6.45) is 0.497. The van der Waals surface area contributed by atoms with Gasteiger partial charge in [0, 0.05) is 22.6 Å². The van der Waals surface area contributed by atoms with Gasteiger partial charge in [0.15, 0.2) is 0 Å². The highest BCUT2D eigenvalue weighted by Gasteiger charge is 2.19. The van der Waals surface area contributed by atoms with Gasteiger partial charge in [-0.15, -0.1) is 0 Å². The fourth-order valence-corrected chi connectivity index (χ4v) is 2.49. The fraction of sp³-hybridized carbons (Fsp3) is 0.0588. The number of nitrogens with zero attached hydrogens (tertiary/aromatic N) is 1. The van der Waals surface area contributed by atoms with Crippen LogP contribution in [-0.4, -0.2) is 21.3 Å².